The maximum absolute atomic E-state index is 13.2. The number of aryl methyl sites for hydroxylation is 1. The number of carbonyl (C=O) groups excluding carboxylic acids is 1. The second-order valence-corrected chi connectivity index (χ2v) is 8.09. The molecule has 138 valence electrons. The summed E-state index contributed by atoms with van der Waals surface area (Å²) in [5, 5.41) is 0.595. The maximum atomic E-state index is 13.2. The van der Waals surface area contributed by atoms with E-state index >= 15 is 0 Å². The molecule has 0 radical (unpaired) electrons. The number of carbonyl (C=O) groups is 1. The first-order valence-electron chi connectivity index (χ1n) is 8.67. The molecule has 0 bridgehead atoms. The number of nitrogens with zero attached hydrogens (tertiary/aromatic N) is 3. The molecule has 4 rings (SSSR count). The van der Waals surface area contributed by atoms with Gasteiger partial charge in [0.15, 0.2) is 11.0 Å². The van der Waals surface area contributed by atoms with Crippen LogP contribution < -0.4 is 4.90 Å². The molecule has 0 aliphatic carbocycles. The first-order valence-corrected chi connectivity index (χ1v) is 10.3. The number of thioether (sulfide) groups is 1. The van der Waals surface area contributed by atoms with E-state index in [0.717, 1.165) is 21.4 Å². The van der Waals surface area contributed by atoms with Crippen molar-refractivity contribution >= 4 is 56.3 Å². The van der Waals surface area contributed by atoms with E-state index in [9.17, 15) is 4.79 Å². The molecule has 1 aliphatic heterocycles. The van der Waals surface area contributed by atoms with Crippen LogP contribution in [0.4, 0.5) is 11.5 Å². The molecular weight excluding hydrogens is 434 g/mol. The predicted octanol–water partition coefficient (Wildman–Crippen LogP) is 5.96. The van der Waals surface area contributed by atoms with Gasteiger partial charge in [-0.2, -0.15) is 0 Å². The van der Waals surface area contributed by atoms with E-state index in [-0.39, 0.29) is 5.91 Å². The Bertz CT molecular complexity index is 1080. The lowest BCUT2D eigenvalue weighted by molar-refractivity contribution is -0.113. The second-order valence-electron chi connectivity index (χ2n) is 6.17. The second kappa shape index (κ2) is 8.12. The fraction of sp³-hybridized carbons (Fsp3) is 0.0455. The van der Waals surface area contributed by atoms with Crippen molar-refractivity contribution in [2.45, 2.75) is 6.92 Å². The van der Waals surface area contributed by atoms with Crippen molar-refractivity contribution < 1.29 is 4.79 Å². The summed E-state index contributed by atoms with van der Waals surface area (Å²) in [4.78, 5) is 24.5. The molecule has 1 saturated heterocycles. The van der Waals surface area contributed by atoms with Crippen LogP contribution in [0.15, 0.2) is 87.2 Å². The van der Waals surface area contributed by atoms with Gasteiger partial charge >= 0.3 is 0 Å². The summed E-state index contributed by atoms with van der Waals surface area (Å²) in [5.41, 5.74) is 2.63. The number of aliphatic imine (C=N–C) groups is 1. The number of amides is 1. The smallest absolute Gasteiger partial charge is 0.268 e. The Morgan fingerprint density at radius 1 is 1.00 bits per heavy atom. The molecule has 0 saturated carbocycles. The Kier molecular flexibility index (Phi) is 5.41. The first kappa shape index (κ1) is 18.7. The average Bonchev–Trinajstić information content (AvgIpc) is 2.99. The van der Waals surface area contributed by atoms with Crippen LogP contribution in [-0.4, -0.2) is 16.1 Å². The molecule has 2 aromatic carbocycles. The zero-order valence-electron chi connectivity index (χ0n) is 15.0. The summed E-state index contributed by atoms with van der Waals surface area (Å²) in [6, 6.07) is 23.1. The lowest BCUT2D eigenvalue weighted by Crippen LogP contribution is -2.28. The molecule has 0 spiro atoms. The Morgan fingerprint density at radius 3 is 2.46 bits per heavy atom. The summed E-state index contributed by atoms with van der Waals surface area (Å²) in [7, 11) is 0. The molecule has 0 N–H and O–H groups in total. The molecular formula is C22H16BrN3OS. The monoisotopic (exact) mass is 449 g/mol. The predicted molar refractivity (Wildman–Crippen MR) is 120 cm³/mol. The van der Waals surface area contributed by atoms with Gasteiger partial charge in [0.05, 0.1) is 10.6 Å². The first-order chi connectivity index (χ1) is 13.6. The van der Waals surface area contributed by atoms with Crippen molar-refractivity contribution in [1.82, 2.24) is 4.98 Å². The van der Waals surface area contributed by atoms with Crippen molar-refractivity contribution in [3.63, 3.8) is 0 Å². The molecule has 0 atom stereocenters. The number of rotatable bonds is 3. The van der Waals surface area contributed by atoms with Crippen LogP contribution in [0.1, 0.15) is 11.3 Å². The molecule has 0 unspecified atom stereocenters. The summed E-state index contributed by atoms with van der Waals surface area (Å²) >= 11 is 4.79. The van der Waals surface area contributed by atoms with E-state index < -0.39 is 0 Å². The summed E-state index contributed by atoms with van der Waals surface area (Å²) < 4.78 is 0.999. The van der Waals surface area contributed by atoms with E-state index in [1.165, 1.54) is 11.8 Å². The van der Waals surface area contributed by atoms with Gasteiger partial charge in [0.25, 0.3) is 5.91 Å². The fourth-order valence-electron chi connectivity index (χ4n) is 2.75. The molecule has 1 aliphatic rings. The van der Waals surface area contributed by atoms with Crippen LogP contribution in [0.25, 0.3) is 6.08 Å². The minimum atomic E-state index is -0.0921. The minimum Gasteiger partial charge on any atom is -0.268 e. The molecule has 1 fully saturated rings. The van der Waals surface area contributed by atoms with Crippen LogP contribution in [-0.2, 0) is 4.79 Å². The number of hydrogen-bond acceptors (Lipinski definition) is 4. The Labute approximate surface area is 176 Å². The third-order valence-electron chi connectivity index (χ3n) is 4.07. The largest absolute Gasteiger partial charge is 0.271 e. The maximum Gasteiger partial charge on any atom is 0.271 e. The van der Waals surface area contributed by atoms with Crippen molar-refractivity contribution in [3.05, 3.63) is 93.4 Å². The van der Waals surface area contributed by atoms with E-state index in [4.69, 9.17) is 0 Å². The number of pyridine rings is 1. The van der Waals surface area contributed by atoms with Gasteiger partial charge in [-0.25, -0.2) is 9.98 Å². The molecule has 3 aromatic rings. The number of benzene rings is 2. The molecule has 28 heavy (non-hydrogen) atoms. The Morgan fingerprint density at radius 2 is 1.75 bits per heavy atom. The molecule has 1 amide bonds. The van der Waals surface area contributed by atoms with E-state index in [1.807, 2.05) is 85.8 Å². The van der Waals surface area contributed by atoms with Crippen LogP contribution >= 0.6 is 27.7 Å². The zero-order chi connectivity index (χ0) is 19.5. The molecule has 6 heteroatoms. The van der Waals surface area contributed by atoms with E-state index in [1.54, 1.807) is 4.90 Å². The highest BCUT2D eigenvalue weighted by molar-refractivity contribution is 9.10. The summed E-state index contributed by atoms with van der Waals surface area (Å²) in [6.07, 6.45) is 1.89. The molecule has 2 heterocycles. The van der Waals surface area contributed by atoms with Gasteiger partial charge in [0, 0.05) is 10.2 Å². The van der Waals surface area contributed by atoms with Gasteiger partial charge in [-0.1, -0.05) is 52.3 Å². The van der Waals surface area contributed by atoms with Gasteiger partial charge < -0.3 is 0 Å². The topological polar surface area (TPSA) is 45.6 Å². The molecule has 1 aromatic heterocycles. The number of halogens is 1. The van der Waals surface area contributed by atoms with Crippen LogP contribution in [0.5, 0.6) is 0 Å². The van der Waals surface area contributed by atoms with Gasteiger partial charge in [0.1, 0.15) is 0 Å². The SMILES string of the molecule is Cc1cccc(/N=C2/S/C(=C\c3ccc(Br)cc3)C(=O)N2c2ccccc2)n1. The molecule has 4 nitrogen and oxygen atoms in total. The highest BCUT2D eigenvalue weighted by Crippen LogP contribution is 2.37. The van der Waals surface area contributed by atoms with Gasteiger partial charge in [-0.05, 0) is 66.7 Å². The van der Waals surface area contributed by atoms with Crippen molar-refractivity contribution in [2.75, 3.05) is 4.90 Å². The van der Waals surface area contributed by atoms with Crippen LogP contribution in [0, 0.1) is 6.92 Å². The lowest BCUT2D eigenvalue weighted by atomic mass is 10.2. The normalized spacial score (nSPS) is 16.9. The Hall–Kier alpha value is -2.70. The highest BCUT2D eigenvalue weighted by Gasteiger charge is 2.34. The van der Waals surface area contributed by atoms with E-state index in [2.05, 4.69) is 25.9 Å². The third kappa shape index (κ3) is 4.08. The fourth-order valence-corrected chi connectivity index (χ4v) is 4.01. The quantitative estimate of drug-likeness (QED) is 0.463. The number of anilines is 1. The minimum absolute atomic E-state index is 0.0921. The number of para-hydroxylation sites is 1. The van der Waals surface area contributed by atoms with Crippen molar-refractivity contribution in [1.29, 1.82) is 0 Å². The summed E-state index contributed by atoms with van der Waals surface area (Å²) in [5.74, 6) is 0.492. The van der Waals surface area contributed by atoms with Crippen LogP contribution in [0.3, 0.4) is 0 Å². The lowest BCUT2D eigenvalue weighted by Gasteiger charge is -2.15. The average molecular weight is 450 g/mol. The van der Waals surface area contributed by atoms with Gasteiger partial charge in [-0.15, -0.1) is 0 Å². The standard InChI is InChI=1S/C22H16BrN3OS/c1-15-6-5-9-20(24-15)25-22-26(18-7-3-2-4-8-18)21(27)19(28-22)14-16-10-12-17(23)13-11-16/h2-14H,1H3/b19-14-,25-22+. The third-order valence-corrected chi connectivity index (χ3v) is 5.57. The van der Waals surface area contributed by atoms with E-state index in [0.29, 0.717) is 15.9 Å². The Balaban J connectivity index is 1.76. The number of hydrogen-bond donors (Lipinski definition) is 0. The van der Waals surface area contributed by atoms with Gasteiger partial charge in [-0.3, -0.25) is 9.69 Å². The number of aromatic nitrogens is 1. The van der Waals surface area contributed by atoms with Gasteiger partial charge in [0.2, 0.25) is 0 Å². The van der Waals surface area contributed by atoms with Crippen LogP contribution in [0.2, 0.25) is 0 Å². The van der Waals surface area contributed by atoms with Crippen molar-refractivity contribution in [3.8, 4) is 0 Å². The zero-order valence-corrected chi connectivity index (χ0v) is 17.4. The van der Waals surface area contributed by atoms with Crippen molar-refractivity contribution in [2.24, 2.45) is 4.99 Å². The highest BCUT2D eigenvalue weighted by atomic mass is 79.9. The number of amidine groups is 1. The summed E-state index contributed by atoms with van der Waals surface area (Å²) in [6.45, 7) is 1.92.